The van der Waals surface area contributed by atoms with E-state index in [1.807, 2.05) is 29.5 Å². The topological polar surface area (TPSA) is 26.0 Å². The quantitative estimate of drug-likeness (QED) is 0.617. The average molecular weight is 267 g/mol. The smallest absolute Gasteiger partial charge is 0.120 e. The van der Waals surface area contributed by atoms with Crippen LogP contribution in [0.2, 0.25) is 0 Å². The van der Waals surface area contributed by atoms with E-state index in [-0.39, 0.29) is 5.83 Å². The largest absolute Gasteiger partial charge is 0.405 e. The molecule has 11 heavy (non-hydrogen) atoms. The molecule has 0 heterocycles. The van der Waals surface area contributed by atoms with Crippen LogP contribution in [-0.2, 0) is 0 Å². The van der Waals surface area contributed by atoms with Gasteiger partial charge in [-0.2, -0.15) is 0 Å². The minimum atomic E-state index is -0.380. The Morgan fingerprint density at radius 2 is 2.27 bits per heavy atom. The fourth-order valence-corrected chi connectivity index (χ4v) is 1.56. The molecule has 0 spiro atoms. The third kappa shape index (κ3) is 3.55. The van der Waals surface area contributed by atoms with E-state index in [4.69, 9.17) is 5.73 Å². The van der Waals surface area contributed by atoms with Crippen molar-refractivity contribution >= 4 is 22.6 Å². The molecule has 0 unspecified atom stereocenters. The summed E-state index contributed by atoms with van der Waals surface area (Å²) in [5.74, 6) is -0.380. The van der Waals surface area contributed by atoms with E-state index in [1.165, 1.54) is 6.20 Å². The van der Waals surface area contributed by atoms with Crippen molar-refractivity contribution in [1.82, 2.24) is 0 Å². The molecule has 0 aliphatic heterocycles. The zero-order chi connectivity index (χ0) is 8.85. The highest BCUT2D eigenvalue weighted by molar-refractivity contribution is 14.1. The molecular weight excluding hydrogens is 256 g/mol. The highest BCUT2D eigenvalue weighted by Crippen LogP contribution is 2.23. The lowest BCUT2D eigenvalue weighted by Crippen LogP contribution is -1.84. The molecule has 0 aromatic rings. The summed E-state index contributed by atoms with van der Waals surface area (Å²) in [6.07, 6.45) is 3.68. The van der Waals surface area contributed by atoms with Gasteiger partial charge in [0.05, 0.1) is 0 Å². The van der Waals surface area contributed by atoms with Gasteiger partial charge in [-0.3, -0.25) is 0 Å². The molecule has 0 aromatic heterocycles. The first kappa shape index (κ1) is 10.7. The molecule has 2 N–H and O–H groups in total. The van der Waals surface area contributed by atoms with E-state index in [0.717, 1.165) is 3.58 Å². The van der Waals surface area contributed by atoms with Crippen molar-refractivity contribution < 1.29 is 4.39 Å². The van der Waals surface area contributed by atoms with Crippen LogP contribution < -0.4 is 5.73 Å². The van der Waals surface area contributed by atoms with Gasteiger partial charge >= 0.3 is 0 Å². The van der Waals surface area contributed by atoms with Crippen LogP contribution in [-0.4, -0.2) is 0 Å². The van der Waals surface area contributed by atoms with Crippen LogP contribution in [0, 0.1) is 0 Å². The normalized spacial score (nSPS) is 13.4. The Bertz CT molecular complexity index is 206. The van der Waals surface area contributed by atoms with Crippen LogP contribution >= 0.6 is 22.6 Å². The Morgan fingerprint density at radius 1 is 1.73 bits per heavy atom. The lowest BCUT2D eigenvalue weighted by atomic mass is 10.2. The van der Waals surface area contributed by atoms with Gasteiger partial charge in [-0.05, 0) is 41.3 Å². The second kappa shape index (κ2) is 5.35. The number of halogens is 2. The van der Waals surface area contributed by atoms with E-state index < -0.39 is 0 Å². The van der Waals surface area contributed by atoms with Crippen LogP contribution in [0.3, 0.4) is 0 Å². The third-order valence-corrected chi connectivity index (χ3v) is 2.22. The van der Waals surface area contributed by atoms with Crippen molar-refractivity contribution in [1.29, 1.82) is 0 Å². The molecule has 0 aliphatic carbocycles. The van der Waals surface area contributed by atoms with Gasteiger partial charge in [0, 0.05) is 9.15 Å². The van der Waals surface area contributed by atoms with Crippen LogP contribution in [0.25, 0.3) is 0 Å². The van der Waals surface area contributed by atoms with E-state index >= 15 is 0 Å². The SMILES string of the molecule is C=C(F)/C(CC)=C(I)\C=C/N. The second-order valence-electron chi connectivity index (χ2n) is 1.94. The van der Waals surface area contributed by atoms with E-state index in [2.05, 4.69) is 6.58 Å². The molecule has 0 aliphatic rings. The maximum Gasteiger partial charge on any atom is 0.120 e. The second-order valence-corrected chi connectivity index (χ2v) is 3.11. The zero-order valence-corrected chi connectivity index (χ0v) is 8.56. The van der Waals surface area contributed by atoms with Crippen molar-refractivity contribution in [2.75, 3.05) is 0 Å². The minimum absolute atomic E-state index is 0.380. The lowest BCUT2D eigenvalue weighted by Gasteiger charge is -2.00. The van der Waals surface area contributed by atoms with E-state index in [0.29, 0.717) is 12.0 Å². The van der Waals surface area contributed by atoms with Crippen LogP contribution in [0.1, 0.15) is 13.3 Å². The van der Waals surface area contributed by atoms with Gasteiger partial charge in [-0.25, -0.2) is 4.39 Å². The Kier molecular flexibility index (Phi) is 5.19. The van der Waals surface area contributed by atoms with Gasteiger partial charge < -0.3 is 5.73 Å². The van der Waals surface area contributed by atoms with Crippen molar-refractivity contribution in [3.63, 3.8) is 0 Å². The van der Waals surface area contributed by atoms with Crippen molar-refractivity contribution in [2.45, 2.75) is 13.3 Å². The molecule has 1 nitrogen and oxygen atoms in total. The van der Waals surface area contributed by atoms with Crippen LogP contribution in [0.4, 0.5) is 4.39 Å². The van der Waals surface area contributed by atoms with E-state index in [1.54, 1.807) is 6.08 Å². The molecule has 0 radical (unpaired) electrons. The maximum atomic E-state index is 12.6. The summed E-state index contributed by atoms with van der Waals surface area (Å²) in [4.78, 5) is 0. The molecule has 0 atom stereocenters. The minimum Gasteiger partial charge on any atom is -0.405 e. The van der Waals surface area contributed by atoms with Gasteiger partial charge in [0.15, 0.2) is 0 Å². The van der Waals surface area contributed by atoms with Gasteiger partial charge in [-0.1, -0.05) is 13.5 Å². The first-order valence-corrected chi connectivity index (χ1v) is 4.33. The first-order valence-electron chi connectivity index (χ1n) is 3.25. The summed E-state index contributed by atoms with van der Waals surface area (Å²) >= 11 is 2.03. The zero-order valence-electron chi connectivity index (χ0n) is 6.40. The molecule has 3 heteroatoms. The number of hydrogen-bond donors (Lipinski definition) is 1. The molecular formula is C8H11FIN. The van der Waals surface area contributed by atoms with Crippen molar-refractivity contribution in [3.05, 3.63) is 33.8 Å². The summed E-state index contributed by atoms with van der Waals surface area (Å²) in [6, 6.07) is 0. The molecule has 0 saturated heterocycles. The first-order chi connectivity index (χ1) is 5.13. The molecule has 62 valence electrons. The Balaban J connectivity index is 4.67. The Morgan fingerprint density at radius 3 is 2.55 bits per heavy atom. The number of hydrogen-bond acceptors (Lipinski definition) is 1. The predicted octanol–water partition coefficient (Wildman–Crippen LogP) is 3.04. The molecule has 0 bridgehead atoms. The number of rotatable bonds is 3. The molecule has 0 rings (SSSR count). The van der Waals surface area contributed by atoms with Gasteiger partial charge in [0.1, 0.15) is 5.83 Å². The third-order valence-electron chi connectivity index (χ3n) is 1.21. The Hall–Kier alpha value is -0.320. The standard InChI is InChI=1S/C8H11FIN/c1-3-7(6(2)9)8(10)4-5-11/h4-5H,2-3,11H2,1H3/b5-4-,8-7+. The fraction of sp³-hybridized carbons (Fsp3) is 0.250. The van der Waals surface area contributed by atoms with Gasteiger partial charge in [0.2, 0.25) is 0 Å². The average Bonchev–Trinajstić information content (AvgIpc) is 1.88. The number of nitrogens with two attached hydrogens (primary N) is 1. The monoisotopic (exact) mass is 267 g/mol. The van der Waals surface area contributed by atoms with Crippen LogP contribution in [0.5, 0.6) is 0 Å². The Labute approximate surface area is 80.0 Å². The predicted molar refractivity (Wildman–Crippen MR) is 54.9 cm³/mol. The fourth-order valence-electron chi connectivity index (χ4n) is 0.675. The molecule has 0 fully saturated rings. The summed E-state index contributed by atoms with van der Waals surface area (Å²) in [5, 5.41) is 0. The number of allylic oxidation sites excluding steroid dienone is 4. The molecule has 0 aromatic carbocycles. The summed E-state index contributed by atoms with van der Waals surface area (Å²) in [6.45, 7) is 5.10. The maximum absolute atomic E-state index is 12.6. The van der Waals surface area contributed by atoms with Crippen LogP contribution in [0.15, 0.2) is 33.8 Å². The highest BCUT2D eigenvalue weighted by atomic mass is 127. The van der Waals surface area contributed by atoms with Gasteiger partial charge in [-0.15, -0.1) is 0 Å². The summed E-state index contributed by atoms with van der Waals surface area (Å²) in [7, 11) is 0. The van der Waals surface area contributed by atoms with Crippen molar-refractivity contribution in [2.24, 2.45) is 5.73 Å². The summed E-state index contributed by atoms with van der Waals surface area (Å²) in [5.41, 5.74) is 5.77. The van der Waals surface area contributed by atoms with Crippen molar-refractivity contribution in [3.8, 4) is 0 Å². The summed E-state index contributed by atoms with van der Waals surface area (Å²) < 4.78 is 13.4. The lowest BCUT2D eigenvalue weighted by molar-refractivity contribution is 0.647. The molecule has 0 saturated carbocycles. The molecule has 0 amide bonds. The highest BCUT2D eigenvalue weighted by Gasteiger charge is 2.02. The van der Waals surface area contributed by atoms with Gasteiger partial charge in [0.25, 0.3) is 0 Å². The van der Waals surface area contributed by atoms with E-state index in [9.17, 15) is 4.39 Å².